The molecule has 0 aromatic rings. The summed E-state index contributed by atoms with van der Waals surface area (Å²) in [7, 11) is 0. The average molecular weight is 324 g/mol. The number of fused-ring (bicyclic) bond motifs is 5. The normalized spacial score (nSPS) is 59.1. The largest absolute Gasteiger partial charge is 0.396 e. The molecule has 4 aliphatic rings. The third kappa shape index (κ3) is 1.92. The highest BCUT2D eigenvalue weighted by molar-refractivity contribution is 5.17. The van der Waals surface area contributed by atoms with Crippen molar-refractivity contribution in [3.05, 3.63) is 0 Å². The van der Waals surface area contributed by atoms with Gasteiger partial charge < -0.3 is 20.4 Å². The Hall–Kier alpha value is -0.160. The van der Waals surface area contributed by atoms with Gasteiger partial charge in [0.25, 0.3) is 0 Å². The SMILES string of the molecule is C[C@]12CC[C@H]3[C@@H](CC[C@H]4C[C@@H](O)CC[C@@]43CO)[C@@]1(O)CC[C@@H]2O. The van der Waals surface area contributed by atoms with E-state index in [-0.39, 0.29) is 29.5 Å². The average Bonchev–Trinajstić information content (AvgIpc) is 2.78. The van der Waals surface area contributed by atoms with Crippen molar-refractivity contribution in [1.29, 1.82) is 0 Å². The molecule has 0 aromatic carbocycles. The first-order valence-electron chi connectivity index (χ1n) is 9.57. The molecule has 4 nitrogen and oxygen atoms in total. The molecule has 0 amide bonds. The third-order valence-corrected chi connectivity index (χ3v) is 8.77. The van der Waals surface area contributed by atoms with E-state index in [1.54, 1.807) is 0 Å². The zero-order valence-electron chi connectivity index (χ0n) is 14.2. The second-order valence-electron chi connectivity index (χ2n) is 9.24. The van der Waals surface area contributed by atoms with Gasteiger partial charge in [0.2, 0.25) is 0 Å². The van der Waals surface area contributed by atoms with Crippen LogP contribution in [0.25, 0.3) is 0 Å². The predicted molar refractivity (Wildman–Crippen MR) is 86.6 cm³/mol. The zero-order valence-corrected chi connectivity index (χ0v) is 14.2. The second-order valence-corrected chi connectivity index (χ2v) is 9.24. The van der Waals surface area contributed by atoms with E-state index < -0.39 is 11.7 Å². The Morgan fingerprint density at radius 2 is 1.70 bits per heavy atom. The van der Waals surface area contributed by atoms with Crippen LogP contribution in [-0.2, 0) is 0 Å². The molecule has 0 unspecified atom stereocenters. The van der Waals surface area contributed by atoms with Crippen molar-refractivity contribution in [1.82, 2.24) is 0 Å². The van der Waals surface area contributed by atoms with Gasteiger partial charge in [0.15, 0.2) is 0 Å². The minimum Gasteiger partial charge on any atom is -0.396 e. The topological polar surface area (TPSA) is 80.9 Å². The first kappa shape index (κ1) is 16.3. The molecule has 4 saturated carbocycles. The van der Waals surface area contributed by atoms with Crippen LogP contribution >= 0.6 is 0 Å². The standard InChI is InChI=1S/C19H32O4/c1-17-7-5-14-15(19(17,23)9-6-16(17)22)3-2-12-10-13(21)4-8-18(12,14)11-20/h12-16,20-23H,2-11H2,1H3/t12-,13-,14-,15+,16-,17+,18+,19-/m0/s1. The van der Waals surface area contributed by atoms with E-state index in [4.69, 9.17) is 0 Å². The molecule has 4 rings (SSSR count). The molecule has 0 spiro atoms. The van der Waals surface area contributed by atoms with Crippen LogP contribution < -0.4 is 0 Å². The van der Waals surface area contributed by atoms with Crippen molar-refractivity contribution in [3.63, 3.8) is 0 Å². The lowest BCUT2D eigenvalue weighted by atomic mass is 9.43. The van der Waals surface area contributed by atoms with E-state index in [1.165, 1.54) is 0 Å². The maximum atomic E-state index is 11.6. The maximum absolute atomic E-state index is 11.6. The first-order chi connectivity index (χ1) is 10.9. The quantitative estimate of drug-likeness (QED) is 0.593. The molecule has 0 aliphatic heterocycles. The summed E-state index contributed by atoms with van der Waals surface area (Å²) in [5.41, 5.74) is -1.28. The third-order valence-electron chi connectivity index (χ3n) is 8.77. The van der Waals surface area contributed by atoms with E-state index in [0.29, 0.717) is 24.7 Å². The van der Waals surface area contributed by atoms with Crippen molar-refractivity contribution in [2.75, 3.05) is 6.61 Å². The highest BCUT2D eigenvalue weighted by Crippen LogP contribution is 2.67. The van der Waals surface area contributed by atoms with Gasteiger partial charge in [-0.2, -0.15) is 0 Å². The van der Waals surface area contributed by atoms with Crippen LogP contribution in [0.2, 0.25) is 0 Å². The van der Waals surface area contributed by atoms with E-state index >= 15 is 0 Å². The molecule has 0 aromatic heterocycles. The van der Waals surface area contributed by atoms with E-state index in [9.17, 15) is 20.4 Å². The predicted octanol–water partition coefficient (Wildman–Crippen LogP) is 1.84. The summed E-state index contributed by atoms with van der Waals surface area (Å²) < 4.78 is 0. The van der Waals surface area contributed by atoms with Crippen LogP contribution in [0.15, 0.2) is 0 Å². The van der Waals surface area contributed by atoms with Gasteiger partial charge in [-0.25, -0.2) is 0 Å². The second kappa shape index (κ2) is 5.17. The fraction of sp³-hybridized carbons (Fsp3) is 1.00. The highest BCUT2D eigenvalue weighted by atomic mass is 16.3. The van der Waals surface area contributed by atoms with Crippen LogP contribution in [0.5, 0.6) is 0 Å². The minimum atomic E-state index is -0.779. The van der Waals surface area contributed by atoms with Crippen molar-refractivity contribution in [2.24, 2.45) is 28.6 Å². The Labute approximate surface area is 138 Å². The summed E-state index contributed by atoms with van der Waals surface area (Å²) in [6.45, 7) is 2.25. The summed E-state index contributed by atoms with van der Waals surface area (Å²) in [4.78, 5) is 0. The zero-order chi connectivity index (χ0) is 16.5. The Bertz CT molecular complexity index is 482. The van der Waals surface area contributed by atoms with Crippen molar-refractivity contribution in [3.8, 4) is 0 Å². The van der Waals surface area contributed by atoms with Gasteiger partial charge in [0.1, 0.15) is 0 Å². The highest BCUT2D eigenvalue weighted by Gasteiger charge is 2.67. The molecule has 0 bridgehead atoms. The summed E-state index contributed by atoms with van der Waals surface area (Å²) >= 11 is 0. The monoisotopic (exact) mass is 324 g/mol. The molecule has 0 radical (unpaired) electrons. The Morgan fingerprint density at radius 1 is 0.913 bits per heavy atom. The molecule has 4 aliphatic carbocycles. The van der Waals surface area contributed by atoms with E-state index in [0.717, 1.165) is 44.9 Å². The van der Waals surface area contributed by atoms with E-state index in [1.807, 2.05) is 0 Å². The number of hydrogen-bond acceptors (Lipinski definition) is 4. The van der Waals surface area contributed by atoms with Gasteiger partial charge in [0.05, 0.1) is 17.8 Å². The fourth-order valence-electron chi connectivity index (χ4n) is 7.28. The maximum Gasteiger partial charge on any atom is 0.0757 e. The molecule has 0 heterocycles. The minimum absolute atomic E-state index is 0.118. The van der Waals surface area contributed by atoms with Gasteiger partial charge in [-0.05, 0) is 81.0 Å². The molecular formula is C19H32O4. The van der Waals surface area contributed by atoms with Gasteiger partial charge >= 0.3 is 0 Å². The number of hydrogen-bond donors (Lipinski definition) is 4. The lowest BCUT2D eigenvalue weighted by molar-refractivity contribution is -0.226. The summed E-state index contributed by atoms with van der Waals surface area (Å²) in [6, 6.07) is 0. The molecule has 0 saturated heterocycles. The number of rotatable bonds is 1. The Balaban J connectivity index is 1.70. The smallest absolute Gasteiger partial charge is 0.0757 e. The number of aliphatic hydroxyl groups excluding tert-OH is 3. The molecule has 23 heavy (non-hydrogen) atoms. The number of aliphatic hydroxyl groups is 4. The van der Waals surface area contributed by atoms with Crippen LogP contribution in [0.3, 0.4) is 0 Å². The molecular weight excluding hydrogens is 292 g/mol. The molecule has 4 N–H and O–H groups in total. The molecule has 4 heteroatoms. The van der Waals surface area contributed by atoms with Crippen LogP contribution in [0.1, 0.15) is 64.7 Å². The lowest BCUT2D eigenvalue weighted by Crippen LogP contribution is -2.64. The van der Waals surface area contributed by atoms with Crippen molar-refractivity contribution < 1.29 is 20.4 Å². The van der Waals surface area contributed by atoms with Crippen LogP contribution in [-0.4, -0.2) is 44.8 Å². The van der Waals surface area contributed by atoms with Crippen molar-refractivity contribution >= 4 is 0 Å². The van der Waals surface area contributed by atoms with Crippen molar-refractivity contribution in [2.45, 2.75) is 82.5 Å². The van der Waals surface area contributed by atoms with Crippen LogP contribution in [0.4, 0.5) is 0 Å². The van der Waals surface area contributed by atoms with Gasteiger partial charge in [-0.3, -0.25) is 0 Å². The molecule has 132 valence electrons. The summed E-state index contributed by atoms with van der Waals surface area (Å²) in [5, 5.41) is 42.5. The molecule has 4 fully saturated rings. The first-order valence-corrected chi connectivity index (χ1v) is 9.57. The fourth-order valence-corrected chi connectivity index (χ4v) is 7.28. The van der Waals surface area contributed by atoms with Gasteiger partial charge in [-0.1, -0.05) is 6.92 Å². The Kier molecular flexibility index (Phi) is 3.67. The lowest BCUT2D eigenvalue weighted by Gasteiger charge is -2.63. The van der Waals surface area contributed by atoms with Gasteiger partial charge in [0, 0.05) is 12.0 Å². The van der Waals surface area contributed by atoms with Crippen LogP contribution in [0, 0.1) is 28.6 Å². The Morgan fingerprint density at radius 3 is 2.43 bits per heavy atom. The summed E-state index contributed by atoms with van der Waals surface area (Å²) in [5.74, 6) is 0.913. The van der Waals surface area contributed by atoms with Gasteiger partial charge in [-0.15, -0.1) is 0 Å². The molecule has 8 atom stereocenters. The summed E-state index contributed by atoms with van der Waals surface area (Å²) in [6.07, 6.45) is 7.05. The van der Waals surface area contributed by atoms with E-state index in [2.05, 4.69) is 6.92 Å².